The van der Waals surface area contributed by atoms with Crippen LogP contribution in [0, 0.1) is 10.1 Å². The van der Waals surface area contributed by atoms with Gasteiger partial charge in [-0.1, -0.05) is 6.07 Å². The van der Waals surface area contributed by atoms with E-state index in [4.69, 9.17) is 4.42 Å². The molecule has 2 aromatic rings. The average Bonchev–Trinajstić information content (AvgIpc) is 2.79. The molecule has 17 heavy (non-hydrogen) atoms. The maximum atomic E-state index is 11.7. The van der Waals surface area contributed by atoms with Gasteiger partial charge in [-0.2, -0.15) is 0 Å². The van der Waals surface area contributed by atoms with Gasteiger partial charge < -0.3 is 4.42 Å². The van der Waals surface area contributed by atoms with Crippen LogP contribution in [0.15, 0.2) is 40.9 Å². The molecule has 0 aliphatic carbocycles. The number of pyridine rings is 1. The molecule has 0 fully saturated rings. The molecule has 0 radical (unpaired) electrons. The Morgan fingerprint density at radius 1 is 1.35 bits per heavy atom. The van der Waals surface area contributed by atoms with Crippen LogP contribution in [0.4, 0.5) is 5.88 Å². The van der Waals surface area contributed by atoms with E-state index in [1.54, 1.807) is 24.4 Å². The Balaban J connectivity index is 2.12. The summed E-state index contributed by atoms with van der Waals surface area (Å²) in [6.45, 7) is 0. The maximum absolute atomic E-state index is 11.7. The molecule has 0 bridgehead atoms. The van der Waals surface area contributed by atoms with Crippen molar-refractivity contribution in [1.82, 2.24) is 4.98 Å². The quantitative estimate of drug-likeness (QED) is 0.457. The molecule has 0 aliphatic heterocycles. The molecule has 0 aliphatic rings. The fourth-order valence-electron chi connectivity index (χ4n) is 1.33. The van der Waals surface area contributed by atoms with Crippen LogP contribution < -0.4 is 0 Å². The molecule has 0 N–H and O–H groups in total. The van der Waals surface area contributed by atoms with Gasteiger partial charge in [0.1, 0.15) is 4.92 Å². The van der Waals surface area contributed by atoms with Crippen molar-refractivity contribution < 1.29 is 14.1 Å². The van der Waals surface area contributed by atoms with Crippen molar-refractivity contribution in [3.63, 3.8) is 0 Å². The molecule has 2 aromatic heterocycles. The summed E-state index contributed by atoms with van der Waals surface area (Å²) in [5.74, 6) is -0.798. The summed E-state index contributed by atoms with van der Waals surface area (Å²) in [6.07, 6.45) is 1.64. The van der Waals surface area contributed by atoms with Crippen molar-refractivity contribution in [2.24, 2.45) is 0 Å². The fraction of sp³-hybridized carbons (Fsp3) is 0.0909. The summed E-state index contributed by atoms with van der Waals surface area (Å²) in [6, 6.07) is 7.66. The number of rotatable bonds is 4. The molecule has 2 rings (SSSR count). The molecule has 0 aromatic carbocycles. The van der Waals surface area contributed by atoms with Gasteiger partial charge in [-0.15, -0.1) is 0 Å². The lowest BCUT2D eigenvalue weighted by atomic mass is 10.2. The zero-order chi connectivity index (χ0) is 12.3. The van der Waals surface area contributed by atoms with Gasteiger partial charge in [-0.05, 0) is 18.2 Å². The molecule has 0 unspecified atom stereocenters. The number of hydrogen-bond donors (Lipinski definition) is 0. The van der Waals surface area contributed by atoms with Crippen molar-refractivity contribution >= 4 is 11.7 Å². The molecule has 86 valence electrons. The van der Waals surface area contributed by atoms with E-state index in [-0.39, 0.29) is 18.0 Å². The summed E-state index contributed by atoms with van der Waals surface area (Å²) < 4.78 is 4.80. The first-order valence-electron chi connectivity index (χ1n) is 4.84. The lowest BCUT2D eigenvalue weighted by Crippen LogP contribution is -2.03. The SMILES string of the molecule is O=C(Cc1ccccn1)c1ccc([N+](=O)[O-])o1. The van der Waals surface area contributed by atoms with Crippen LogP contribution >= 0.6 is 0 Å². The minimum atomic E-state index is -0.683. The van der Waals surface area contributed by atoms with Gasteiger partial charge in [0.05, 0.1) is 12.5 Å². The normalized spacial score (nSPS) is 10.1. The van der Waals surface area contributed by atoms with E-state index in [0.29, 0.717) is 5.69 Å². The highest BCUT2D eigenvalue weighted by Crippen LogP contribution is 2.17. The Morgan fingerprint density at radius 3 is 2.76 bits per heavy atom. The van der Waals surface area contributed by atoms with E-state index in [2.05, 4.69) is 4.98 Å². The number of carbonyl (C=O) groups is 1. The molecule has 2 heterocycles. The molecule has 0 spiro atoms. The second-order valence-electron chi connectivity index (χ2n) is 3.32. The molecule has 0 saturated heterocycles. The first-order chi connectivity index (χ1) is 8.16. The third kappa shape index (κ3) is 2.54. The van der Waals surface area contributed by atoms with Crippen molar-refractivity contribution in [3.8, 4) is 0 Å². The monoisotopic (exact) mass is 232 g/mol. The summed E-state index contributed by atoms with van der Waals surface area (Å²) in [7, 11) is 0. The van der Waals surface area contributed by atoms with Crippen LogP contribution in [-0.2, 0) is 6.42 Å². The molecular weight excluding hydrogens is 224 g/mol. The van der Waals surface area contributed by atoms with Gasteiger partial charge in [0.15, 0.2) is 5.76 Å². The van der Waals surface area contributed by atoms with Crippen molar-refractivity contribution in [2.75, 3.05) is 0 Å². The van der Waals surface area contributed by atoms with Crippen molar-refractivity contribution in [3.05, 3.63) is 58.1 Å². The van der Waals surface area contributed by atoms with Gasteiger partial charge in [0.2, 0.25) is 5.78 Å². The van der Waals surface area contributed by atoms with Gasteiger partial charge in [-0.3, -0.25) is 19.9 Å². The van der Waals surface area contributed by atoms with Crippen LogP contribution in [0.25, 0.3) is 0 Å². The number of nitrogens with zero attached hydrogens (tertiary/aromatic N) is 2. The first-order valence-corrected chi connectivity index (χ1v) is 4.84. The second-order valence-corrected chi connectivity index (χ2v) is 3.32. The van der Waals surface area contributed by atoms with E-state index in [1.165, 1.54) is 6.07 Å². The maximum Gasteiger partial charge on any atom is 0.433 e. The Kier molecular flexibility index (Phi) is 2.95. The smallest absolute Gasteiger partial charge is 0.397 e. The highest BCUT2D eigenvalue weighted by molar-refractivity contribution is 5.94. The number of nitro groups is 1. The number of ketones is 1. The largest absolute Gasteiger partial charge is 0.433 e. The third-order valence-corrected chi connectivity index (χ3v) is 2.11. The summed E-state index contributed by atoms with van der Waals surface area (Å²) >= 11 is 0. The highest BCUT2D eigenvalue weighted by Gasteiger charge is 2.17. The lowest BCUT2D eigenvalue weighted by Gasteiger charge is -1.96. The predicted octanol–water partition coefficient (Wildman–Crippen LogP) is 2.01. The van der Waals surface area contributed by atoms with E-state index < -0.39 is 10.8 Å². The Morgan fingerprint density at radius 2 is 2.18 bits per heavy atom. The van der Waals surface area contributed by atoms with Crippen molar-refractivity contribution in [1.29, 1.82) is 0 Å². The Hall–Kier alpha value is -2.50. The van der Waals surface area contributed by atoms with Gasteiger partial charge in [-0.25, -0.2) is 0 Å². The van der Waals surface area contributed by atoms with Crippen LogP contribution in [-0.4, -0.2) is 15.7 Å². The zero-order valence-electron chi connectivity index (χ0n) is 8.70. The third-order valence-electron chi connectivity index (χ3n) is 2.11. The number of aromatic nitrogens is 1. The average molecular weight is 232 g/mol. The summed E-state index contributed by atoms with van der Waals surface area (Å²) in [5.41, 5.74) is 0.594. The van der Waals surface area contributed by atoms with Crippen LogP contribution in [0.1, 0.15) is 16.2 Å². The minimum Gasteiger partial charge on any atom is -0.397 e. The van der Waals surface area contributed by atoms with Crippen LogP contribution in [0.2, 0.25) is 0 Å². The van der Waals surface area contributed by atoms with Gasteiger partial charge in [0.25, 0.3) is 0 Å². The standard InChI is InChI=1S/C11H8N2O4/c14-9(7-8-3-1-2-6-12-8)10-4-5-11(17-10)13(15)16/h1-6H,7H2. The number of carbonyl (C=O) groups excluding carboxylic acids is 1. The topological polar surface area (TPSA) is 86.2 Å². The molecule has 0 amide bonds. The van der Waals surface area contributed by atoms with Crippen LogP contribution in [0.5, 0.6) is 0 Å². The second kappa shape index (κ2) is 4.56. The van der Waals surface area contributed by atoms with E-state index >= 15 is 0 Å². The Labute approximate surface area is 96.0 Å². The molecule has 6 nitrogen and oxygen atoms in total. The molecular formula is C11H8N2O4. The number of hydrogen-bond acceptors (Lipinski definition) is 5. The molecule has 6 heteroatoms. The number of Topliss-reactive ketones (excluding diaryl/α,β-unsaturated/α-hetero) is 1. The zero-order valence-corrected chi connectivity index (χ0v) is 8.70. The van der Waals surface area contributed by atoms with Gasteiger partial charge in [0, 0.05) is 11.9 Å². The Bertz CT molecular complexity index is 548. The fourth-order valence-corrected chi connectivity index (χ4v) is 1.33. The first kappa shape index (κ1) is 11.0. The van der Waals surface area contributed by atoms with Gasteiger partial charge >= 0.3 is 5.88 Å². The van der Waals surface area contributed by atoms with Crippen LogP contribution in [0.3, 0.4) is 0 Å². The van der Waals surface area contributed by atoms with Crippen molar-refractivity contribution in [2.45, 2.75) is 6.42 Å². The molecule has 0 atom stereocenters. The lowest BCUT2D eigenvalue weighted by molar-refractivity contribution is -0.402. The number of furan rings is 1. The molecule has 0 saturated carbocycles. The van der Waals surface area contributed by atoms with E-state index in [0.717, 1.165) is 6.07 Å². The summed E-state index contributed by atoms with van der Waals surface area (Å²) in [5, 5.41) is 10.4. The minimum absolute atomic E-state index is 0.0256. The van der Waals surface area contributed by atoms with E-state index in [1.807, 2.05) is 0 Å². The highest BCUT2D eigenvalue weighted by atomic mass is 16.6. The predicted molar refractivity (Wildman–Crippen MR) is 57.6 cm³/mol. The summed E-state index contributed by atoms with van der Waals surface area (Å²) in [4.78, 5) is 25.4. The van der Waals surface area contributed by atoms with E-state index in [9.17, 15) is 14.9 Å².